The van der Waals surface area contributed by atoms with E-state index in [0.717, 1.165) is 5.69 Å². The van der Waals surface area contributed by atoms with Gasteiger partial charge in [0.15, 0.2) is 0 Å². The van der Waals surface area contributed by atoms with Gasteiger partial charge in [-0.15, -0.1) is 0 Å². The standard InChI is InChI=1S/C18H17N5O2/c1-12-8-9-14(10-19-12)17(24)21-20-11-16-13(2)22-23(18(16)25)15-6-4-3-5-7-15/h3-11,16H,1-2H3,(H,21,24)/b20-11-/t16-/m0/s1. The zero-order chi connectivity index (χ0) is 17.8. The number of nitrogens with one attached hydrogen (secondary N) is 1. The number of carbonyl (C=O) groups is 2. The summed E-state index contributed by atoms with van der Waals surface area (Å²) in [5.74, 6) is -1.20. The highest BCUT2D eigenvalue weighted by atomic mass is 16.2. The van der Waals surface area contributed by atoms with E-state index >= 15 is 0 Å². The molecule has 2 heterocycles. The summed E-state index contributed by atoms with van der Waals surface area (Å²) in [7, 11) is 0. The predicted octanol–water partition coefficient (Wildman–Crippen LogP) is 2.14. The zero-order valence-corrected chi connectivity index (χ0v) is 13.9. The van der Waals surface area contributed by atoms with Crippen LogP contribution < -0.4 is 10.4 Å². The van der Waals surface area contributed by atoms with Crippen LogP contribution in [0.1, 0.15) is 23.0 Å². The maximum absolute atomic E-state index is 12.5. The molecule has 3 rings (SSSR count). The van der Waals surface area contributed by atoms with Crippen molar-refractivity contribution in [1.82, 2.24) is 10.4 Å². The van der Waals surface area contributed by atoms with Gasteiger partial charge in [-0.1, -0.05) is 18.2 Å². The summed E-state index contributed by atoms with van der Waals surface area (Å²) in [6.45, 7) is 3.59. The number of pyridine rings is 1. The number of amides is 2. The van der Waals surface area contributed by atoms with Crippen LogP contribution in [0.2, 0.25) is 0 Å². The van der Waals surface area contributed by atoms with Gasteiger partial charge in [-0.05, 0) is 38.1 Å². The minimum Gasteiger partial charge on any atom is -0.271 e. The van der Waals surface area contributed by atoms with E-state index in [1.54, 1.807) is 31.2 Å². The third-order valence-electron chi connectivity index (χ3n) is 3.75. The molecule has 0 fully saturated rings. The quantitative estimate of drug-likeness (QED) is 0.686. The van der Waals surface area contributed by atoms with E-state index < -0.39 is 5.92 Å². The summed E-state index contributed by atoms with van der Waals surface area (Å²) in [6, 6.07) is 12.6. The second-order valence-corrected chi connectivity index (χ2v) is 5.61. The number of para-hydroxylation sites is 1. The Morgan fingerprint density at radius 1 is 1.20 bits per heavy atom. The molecule has 0 radical (unpaired) electrons. The van der Waals surface area contributed by atoms with Gasteiger partial charge < -0.3 is 0 Å². The van der Waals surface area contributed by atoms with Crippen LogP contribution in [0.3, 0.4) is 0 Å². The average Bonchev–Trinajstić information content (AvgIpc) is 2.91. The van der Waals surface area contributed by atoms with E-state index in [-0.39, 0.29) is 11.8 Å². The lowest BCUT2D eigenvalue weighted by Gasteiger charge is -2.12. The van der Waals surface area contributed by atoms with Crippen molar-refractivity contribution in [2.75, 3.05) is 5.01 Å². The zero-order valence-electron chi connectivity index (χ0n) is 13.9. The molecule has 1 aliphatic rings. The Balaban J connectivity index is 1.66. The van der Waals surface area contributed by atoms with E-state index in [0.29, 0.717) is 17.0 Å². The van der Waals surface area contributed by atoms with Crippen molar-refractivity contribution in [2.24, 2.45) is 16.1 Å². The van der Waals surface area contributed by atoms with Crippen LogP contribution in [-0.4, -0.2) is 28.7 Å². The fourth-order valence-electron chi connectivity index (χ4n) is 2.34. The van der Waals surface area contributed by atoms with Crippen LogP contribution >= 0.6 is 0 Å². The second kappa shape index (κ2) is 7.04. The summed E-state index contributed by atoms with van der Waals surface area (Å²) in [6.07, 6.45) is 2.87. The fraction of sp³-hybridized carbons (Fsp3) is 0.167. The molecule has 0 bridgehead atoms. The Hall–Kier alpha value is -3.35. The molecular formula is C18H17N5O2. The van der Waals surface area contributed by atoms with Crippen LogP contribution in [0, 0.1) is 12.8 Å². The van der Waals surface area contributed by atoms with E-state index in [1.165, 1.54) is 17.4 Å². The number of aromatic nitrogens is 1. The molecule has 2 aromatic rings. The summed E-state index contributed by atoms with van der Waals surface area (Å²) in [5.41, 5.74) is 4.94. The minimum absolute atomic E-state index is 0.210. The number of aryl methyl sites for hydroxylation is 1. The van der Waals surface area contributed by atoms with E-state index in [9.17, 15) is 9.59 Å². The maximum Gasteiger partial charge on any atom is 0.272 e. The van der Waals surface area contributed by atoms with Crippen LogP contribution in [0.25, 0.3) is 0 Å². The van der Waals surface area contributed by atoms with Crippen LogP contribution in [-0.2, 0) is 4.79 Å². The van der Waals surface area contributed by atoms with Gasteiger partial charge in [-0.3, -0.25) is 14.6 Å². The molecule has 1 N–H and O–H groups in total. The lowest BCUT2D eigenvalue weighted by Crippen LogP contribution is -2.29. The molecule has 25 heavy (non-hydrogen) atoms. The molecule has 0 aliphatic carbocycles. The lowest BCUT2D eigenvalue weighted by molar-refractivity contribution is -0.118. The average molecular weight is 335 g/mol. The Kier molecular flexibility index (Phi) is 4.65. The van der Waals surface area contributed by atoms with Crippen molar-refractivity contribution in [3.63, 3.8) is 0 Å². The fourth-order valence-corrected chi connectivity index (χ4v) is 2.34. The molecule has 1 atom stereocenters. The van der Waals surface area contributed by atoms with Gasteiger partial charge in [-0.2, -0.15) is 15.2 Å². The number of hydrogen-bond donors (Lipinski definition) is 1. The van der Waals surface area contributed by atoms with Gasteiger partial charge in [-0.25, -0.2) is 5.43 Å². The molecule has 1 aliphatic heterocycles. The molecular weight excluding hydrogens is 318 g/mol. The highest BCUT2D eigenvalue weighted by Gasteiger charge is 2.33. The van der Waals surface area contributed by atoms with Crippen molar-refractivity contribution < 1.29 is 9.59 Å². The van der Waals surface area contributed by atoms with E-state index in [4.69, 9.17) is 0 Å². The summed E-state index contributed by atoms with van der Waals surface area (Å²) in [5, 5.41) is 9.52. The Bertz CT molecular complexity index is 844. The van der Waals surface area contributed by atoms with Crippen molar-refractivity contribution in [3.05, 3.63) is 59.9 Å². The highest BCUT2D eigenvalue weighted by molar-refractivity contribution is 6.23. The Morgan fingerprint density at radius 2 is 1.96 bits per heavy atom. The Morgan fingerprint density at radius 3 is 2.64 bits per heavy atom. The summed E-state index contributed by atoms with van der Waals surface area (Å²) >= 11 is 0. The molecule has 1 aromatic heterocycles. The van der Waals surface area contributed by atoms with Crippen LogP contribution in [0.4, 0.5) is 5.69 Å². The number of carbonyl (C=O) groups excluding carboxylic acids is 2. The number of rotatable bonds is 4. The molecule has 0 unspecified atom stereocenters. The molecule has 2 amide bonds. The smallest absolute Gasteiger partial charge is 0.271 e. The molecule has 7 nitrogen and oxygen atoms in total. The van der Waals surface area contributed by atoms with Crippen molar-refractivity contribution in [1.29, 1.82) is 0 Å². The van der Waals surface area contributed by atoms with Crippen molar-refractivity contribution in [3.8, 4) is 0 Å². The summed E-state index contributed by atoms with van der Waals surface area (Å²) < 4.78 is 0. The first-order valence-electron chi connectivity index (χ1n) is 7.76. The van der Waals surface area contributed by atoms with Crippen LogP contribution in [0.15, 0.2) is 58.9 Å². The topological polar surface area (TPSA) is 87.0 Å². The number of nitrogens with zero attached hydrogens (tertiary/aromatic N) is 4. The second-order valence-electron chi connectivity index (χ2n) is 5.61. The molecule has 126 valence electrons. The SMILES string of the molecule is CC1=NN(c2ccccc2)C(=O)[C@H]1/C=N\NC(=O)c1ccc(C)nc1. The lowest BCUT2D eigenvalue weighted by atomic mass is 10.1. The molecule has 1 aromatic carbocycles. The predicted molar refractivity (Wildman–Crippen MR) is 95.5 cm³/mol. The van der Waals surface area contributed by atoms with Gasteiger partial charge in [0.25, 0.3) is 11.8 Å². The first-order valence-corrected chi connectivity index (χ1v) is 7.76. The Labute approximate surface area is 145 Å². The third-order valence-corrected chi connectivity index (χ3v) is 3.75. The van der Waals surface area contributed by atoms with Crippen molar-refractivity contribution >= 4 is 29.4 Å². The molecule has 7 heteroatoms. The van der Waals surface area contributed by atoms with Gasteiger partial charge in [0.1, 0.15) is 5.92 Å². The number of benzene rings is 1. The number of hydrogen-bond acceptors (Lipinski definition) is 5. The minimum atomic E-state index is -0.600. The van der Waals surface area contributed by atoms with Gasteiger partial charge in [0.2, 0.25) is 0 Å². The maximum atomic E-state index is 12.5. The largest absolute Gasteiger partial charge is 0.272 e. The van der Waals surface area contributed by atoms with Gasteiger partial charge in [0, 0.05) is 18.1 Å². The first kappa shape index (κ1) is 16.5. The molecule has 0 saturated carbocycles. The first-order chi connectivity index (χ1) is 12.1. The third kappa shape index (κ3) is 3.60. The number of anilines is 1. The normalized spacial score (nSPS) is 17.0. The summed E-state index contributed by atoms with van der Waals surface area (Å²) in [4.78, 5) is 28.5. The van der Waals surface area contributed by atoms with Crippen LogP contribution in [0.5, 0.6) is 0 Å². The van der Waals surface area contributed by atoms with Gasteiger partial charge >= 0.3 is 0 Å². The number of hydrazone groups is 2. The van der Waals surface area contributed by atoms with Crippen molar-refractivity contribution in [2.45, 2.75) is 13.8 Å². The molecule has 0 spiro atoms. The highest BCUT2D eigenvalue weighted by Crippen LogP contribution is 2.22. The van der Waals surface area contributed by atoms with Gasteiger partial charge in [0.05, 0.1) is 17.0 Å². The van der Waals surface area contributed by atoms with E-state index in [1.807, 2.05) is 25.1 Å². The monoisotopic (exact) mass is 335 g/mol. The van der Waals surface area contributed by atoms with E-state index in [2.05, 4.69) is 20.6 Å². The molecule has 0 saturated heterocycles.